The van der Waals surface area contributed by atoms with E-state index in [1.54, 1.807) is 11.8 Å². The van der Waals surface area contributed by atoms with Crippen LogP contribution < -0.4 is 5.69 Å². The van der Waals surface area contributed by atoms with Crippen molar-refractivity contribution in [3.63, 3.8) is 0 Å². The van der Waals surface area contributed by atoms with Crippen molar-refractivity contribution in [2.75, 3.05) is 11.1 Å². The molecular formula is C12H20BrN3OS. The largest absolute Gasteiger partial charge is 0.344 e. The van der Waals surface area contributed by atoms with Gasteiger partial charge in [0.15, 0.2) is 5.16 Å². The maximum Gasteiger partial charge on any atom is 0.344 e. The Kier molecular flexibility index (Phi) is 4.26. The van der Waals surface area contributed by atoms with Crippen molar-refractivity contribution in [3.8, 4) is 0 Å². The van der Waals surface area contributed by atoms with Gasteiger partial charge in [0.05, 0.1) is 0 Å². The van der Waals surface area contributed by atoms with Gasteiger partial charge >= 0.3 is 5.69 Å². The SMILES string of the molecule is CC(C)(C)C(CBr)CSc1n[nH]c(=O)n1C1CC1. The summed E-state index contributed by atoms with van der Waals surface area (Å²) < 4.78 is 1.82. The normalized spacial score (nSPS) is 18.0. The van der Waals surface area contributed by atoms with Gasteiger partial charge in [-0.05, 0) is 24.2 Å². The lowest BCUT2D eigenvalue weighted by atomic mass is 9.83. The van der Waals surface area contributed by atoms with Crippen LogP contribution in [-0.4, -0.2) is 25.8 Å². The van der Waals surface area contributed by atoms with Crippen molar-refractivity contribution in [1.82, 2.24) is 14.8 Å². The van der Waals surface area contributed by atoms with Crippen LogP contribution in [0.3, 0.4) is 0 Å². The quantitative estimate of drug-likeness (QED) is 0.665. The van der Waals surface area contributed by atoms with E-state index in [1.165, 1.54) is 0 Å². The first-order chi connectivity index (χ1) is 8.43. The number of nitrogens with zero attached hydrogens (tertiary/aromatic N) is 2. The van der Waals surface area contributed by atoms with Gasteiger partial charge in [0.2, 0.25) is 0 Å². The Labute approximate surface area is 120 Å². The Balaban J connectivity index is 2.04. The molecule has 6 heteroatoms. The molecule has 1 saturated carbocycles. The predicted molar refractivity (Wildman–Crippen MR) is 78.6 cm³/mol. The second-order valence-corrected chi connectivity index (χ2v) is 7.58. The molecule has 0 spiro atoms. The lowest BCUT2D eigenvalue weighted by Gasteiger charge is -2.28. The number of H-pyrrole nitrogens is 1. The summed E-state index contributed by atoms with van der Waals surface area (Å²) in [6.07, 6.45) is 2.21. The van der Waals surface area contributed by atoms with Gasteiger partial charge in [-0.25, -0.2) is 9.89 Å². The zero-order chi connectivity index (χ0) is 13.3. The minimum absolute atomic E-state index is 0.0637. The highest BCUT2D eigenvalue weighted by Crippen LogP contribution is 2.37. The molecule has 1 atom stereocenters. The van der Waals surface area contributed by atoms with Crippen LogP contribution in [0.2, 0.25) is 0 Å². The average molecular weight is 334 g/mol. The maximum atomic E-state index is 11.7. The van der Waals surface area contributed by atoms with Gasteiger partial charge < -0.3 is 0 Å². The number of halogens is 1. The number of rotatable bonds is 5. The van der Waals surface area contributed by atoms with Crippen molar-refractivity contribution in [2.45, 2.75) is 44.8 Å². The van der Waals surface area contributed by atoms with Crippen LogP contribution in [0.5, 0.6) is 0 Å². The van der Waals surface area contributed by atoms with Crippen LogP contribution in [0.4, 0.5) is 0 Å². The highest BCUT2D eigenvalue weighted by Gasteiger charge is 2.30. The monoisotopic (exact) mass is 333 g/mol. The molecule has 1 aliphatic rings. The molecule has 0 aliphatic heterocycles. The lowest BCUT2D eigenvalue weighted by Crippen LogP contribution is -2.24. The van der Waals surface area contributed by atoms with Crippen LogP contribution >= 0.6 is 27.7 Å². The summed E-state index contributed by atoms with van der Waals surface area (Å²) in [4.78, 5) is 11.7. The number of aromatic amines is 1. The molecule has 0 bridgehead atoms. The molecule has 0 aromatic carbocycles. The third kappa shape index (κ3) is 3.20. The number of hydrogen-bond donors (Lipinski definition) is 1. The molecule has 1 heterocycles. The number of hydrogen-bond acceptors (Lipinski definition) is 3. The molecule has 0 saturated heterocycles. The first-order valence-corrected chi connectivity index (χ1v) is 8.40. The van der Waals surface area contributed by atoms with Gasteiger partial charge in [-0.3, -0.25) is 4.57 Å². The van der Waals surface area contributed by atoms with E-state index < -0.39 is 0 Å². The number of nitrogens with one attached hydrogen (secondary N) is 1. The third-order valence-corrected chi connectivity index (χ3v) is 5.31. The van der Waals surface area contributed by atoms with Crippen molar-refractivity contribution in [2.24, 2.45) is 11.3 Å². The summed E-state index contributed by atoms with van der Waals surface area (Å²) in [5.74, 6) is 1.54. The smallest absolute Gasteiger partial charge is 0.267 e. The average Bonchev–Trinajstić information content (AvgIpc) is 3.03. The highest BCUT2D eigenvalue weighted by atomic mass is 79.9. The number of thioether (sulfide) groups is 1. The van der Waals surface area contributed by atoms with E-state index in [9.17, 15) is 4.79 Å². The Hall–Kier alpha value is -0.230. The topological polar surface area (TPSA) is 50.7 Å². The molecule has 1 unspecified atom stereocenters. The van der Waals surface area contributed by atoms with Crippen molar-refractivity contribution >= 4 is 27.7 Å². The van der Waals surface area contributed by atoms with E-state index in [2.05, 4.69) is 46.9 Å². The first-order valence-electron chi connectivity index (χ1n) is 6.29. The van der Waals surface area contributed by atoms with Gasteiger partial charge in [-0.15, -0.1) is 5.10 Å². The summed E-state index contributed by atoms with van der Waals surface area (Å²) in [6, 6.07) is 0.385. The molecule has 1 aliphatic carbocycles. The van der Waals surface area contributed by atoms with E-state index in [4.69, 9.17) is 0 Å². The Morgan fingerprint density at radius 1 is 1.56 bits per heavy atom. The Bertz CT molecular complexity index is 459. The predicted octanol–water partition coefficient (Wildman–Crippen LogP) is 3.06. The standard InChI is InChI=1S/C12H20BrN3OS/c1-12(2,3)8(6-13)7-18-11-15-14-10(17)16(11)9-4-5-9/h8-9H,4-7H2,1-3H3,(H,14,17). The maximum absolute atomic E-state index is 11.7. The van der Waals surface area contributed by atoms with Crippen LogP contribution in [-0.2, 0) is 0 Å². The number of aromatic nitrogens is 3. The van der Waals surface area contributed by atoms with Crippen molar-refractivity contribution in [1.29, 1.82) is 0 Å². The molecule has 2 rings (SSSR count). The molecule has 0 amide bonds. The van der Waals surface area contributed by atoms with Crippen LogP contribution in [0.15, 0.2) is 9.95 Å². The van der Waals surface area contributed by atoms with Gasteiger partial charge in [0, 0.05) is 17.1 Å². The molecule has 18 heavy (non-hydrogen) atoms. The summed E-state index contributed by atoms with van der Waals surface area (Å²) >= 11 is 5.27. The van der Waals surface area contributed by atoms with E-state index in [1.807, 2.05) is 4.57 Å². The van der Waals surface area contributed by atoms with Gasteiger partial charge in [-0.2, -0.15) is 0 Å². The van der Waals surface area contributed by atoms with Gasteiger partial charge in [0.25, 0.3) is 0 Å². The Morgan fingerprint density at radius 3 is 2.72 bits per heavy atom. The molecule has 4 nitrogen and oxygen atoms in total. The van der Waals surface area contributed by atoms with E-state index >= 15 is 0 Å². The molecule has 1 aromatic heterocycles. The molecule has 1 N–H and O–H groups in total. The zero-order valence-corrected chi connectivity index (χ0v) is 13.5. The zero-order valence-electron chi connectivity index (χ0n) is 11.1. The molecular weight excluding hydrogens is 314 g/mol. The fraction of sp³-hybridized carbons (Fsp3) is 0.833. The second kappa shape index (κ2) is 5.41. The fourth-order valence-electron chi connectivity index (χ4n) is 1.75. The van der Waals surface area contributed by atoms with Crippen LogP contribution in [0.25, 0.3) is 0 Å². The summed E-state index contributed by atoms with van der Waals surface area (Å²) in [6.45, 7) is 6.74. The van der Waals surface area contributed by atoms with Gasteiger partial charge in [-0.1, -0.05) is 48.5 Å². The van der Waals surface area contributed by atoms with E-state index in [0.29, 0.717) is 12.0 Å². The third-order valence-electron chi connectivity index (χ3n) is 3.41. The van der Waals surface area contributed by atoms with Gasteiger partial charge in [0.1, 0.15) is 0 Å². The highest BCUT2D eigenvalue weighted by molar-refractivity contribution is 9.09. The van der Waals surface area contributed by atoms with Crippen molar-refractivity contribution in [3.05, 3.63) is 10.5 Å². The summed E-state index contributed by atoms with van der Waals surface area (Å²) in [5.41, 5.74) is 0.198. The van der Waals surface area contributed by atoms with Crippen LogP contribution in [0, 0.1) is 11.3 Å². The molecule has 102 valence electrons. The summed E-state index contributed by atoms with van der Waals surface area (Å²) in [5, 5.41) is 8.52. The minimum atomic E-state index is -0.0637. The molecule has 1 aromatic rings. The van der Waals surface area contributed by atoms with Crippen LogP contribution in [0.1, 0.15) is 39.7 Å². The Morgan fingerprint density at radius 2 is 2.22 bits per heavy atom. The molecule has 1 fully saturated rings. The minimum Gasteiger partial charge on any atom is -0.267 e. The van der Waals surface area contributed by atoms with Crippen molar-refractivity contribution < 1.29 is 0 Å². The fourth-order valence-corrected chi connectivity index (χ4v) is 4.70. The lowest BCUT2D eigenvalue weighted by molar-refractivity contribution is 0.295. The second-order valence-electron chi connectivity index (χ2n) is 5.94. The summed E-state index contributed by atoms with van der Waals surface area (Å²) in [7, 11) is 0. The number of alkyl halides is 1. The first kappa shape index (κ1) is 14.2. The van der Waals surface area contributed by atoms with E-state index in [-0.39, 0.29) is 11.1 Å². The van der Waals surface area contributed by atoms with E-state index in [0.717, 1.165) is 29.1 Å². The molecule has 0 radical (unpaired) electrons.